The van der Waals surface area contributed by atoms with Gasteiger partial charge < -0.3 is 19.5 Å². The second-order valence-electron chi connectivity index (χ2n) is 8.87. The maximum atomic E-state index is 11.9. The SMILES string of the molecule is Cc1ccc(-c2n[nH]c(C3CCN(C(=O)CO)CC3)c2-c2ccnc(OC3CCOC3)n2)cc1. The lowest BCUT2D eigenvalue weighted by Gasteiger charge is -2.31. The van der Waals surface area contributed by atoms with Gasteiger partial charge in [-0.05, 0) is 25.8 Å². The normalized spacial score (nSPS) is 18.9. The Balaban J connectivity index is 1.50. The minimum Gasteiger partial charge on any atom is -0.458 e. The maximum Gasteiger partial charge on any atom is 0.317 e. The lowest BCUT2D eigenvalue weighted by Crippen LogP contribution is -2.39. The molecular formula is C25H29N5O4. The highest BCUT2D eigenvalue weighted by atomic mass is 16.6. The molecule has 2 aromatic heterocycles. The van der Waals surface area contributed by atoms with E-state index in [1.807, 2.05) is 6.07 Å². The molecule has 0 radical (unpaired) electrons. The number of nitrogens with one attached hydrogen (secondary N) is 1. The summed E-state index contributed by atoms with van der Waals surface area (Å²) in [6, 6.07) is 10.5. The quantitative estimate of drug-likeness (QED) is 0.578. The number of ether oxygens (including phenoxy) is 2. The molecule has 1 amide bonds. The zero-order valence-corrected chi connectivity index (χ0v) is 19.2. The van der Waals surface area contributed by atoms with Crippen LogP contribution < -0.4 is 4.74 Å². The molecule has 34 heavy (non-hydrogen) atoms. The van der Waals surface area contributed by atoms with Gasteiger partial charge in [-0.15, -0.1) is 0 Å². The summed E-state index contributed by atoms with van der Waals surface area (Å²) in [6.07, 6.45) is 4.06. The number of aromatic amines is 1. The van der Waals surface area contributed by atoms with Crippen LogP contribution in [-0.4, -0.2) is 75.1 Å². The second kappa shape index (κ2) is 9.90. The van der Waals surface area contributed by atoms with Crippen molar-refractivity contribution in [2.45, 2.75) is 38.2 Å². The van der Waals surface area contributed by atoms with Crippen molar-refractivity contribution in [3.05, 3.63) is 47.8 Å². The van der Waals surface area contributed by atoms with Crippen LogP contribution in [0.3, 0.4) is 0 Å². The van der Waals surface area contributed by atoms with Crippen LogP contribution in [0.15, 0.2) is 36.5 Å². The Hall–Kier alpha value is -3.30. The zero-order chi connectivity index (χ0) is 23.5. The zero-order valence-electron chi connectivity index (χ0n) is 19.2. The fourth-order valence-corrected chi connectivity index (χ4v) is 4.64. The molecule has 9 nitrogen and oxygen atoms in total. The number of amides is 1. The van der Waals surface area contributed by atoms with Crippen LogP contribution in [0.25, 0.3) is 22.5 Å². The van der Waals surface area contributed by atoms with E-state index in [9.17, 15) is 9.90 Å². The van der Waals surface area contributed by atoms with E-state index in [0.29, 0.717) is 32.3 Å². The van der Waals surface area contributed by atoms with Crippen LogP contribution in [0.1, 0.15) is 36.4 Å². The molecule has 178 valence electrons. The average Bonchev–Trinajstić information content (AvgIpc) is 3.54. The summed E-state index contributed by atoms with van der Waals surface area (Å²) in [5, 5.41) is 17.2. The Morgan fingerprint density at radius 1 is 1.21 bits per heavy atom. The number of hydrogen-bond acceptors (Lipinski definition) is 7. The van der Waals surface area contributed by atoms with Crippen molar-refractivity contribution in [3.8, 4) is 28.5 Å². The molecule has 4 heterocycles. The number of H-pyrrole nitrogens is 1. The predicted octanol–water partition coefficient (Wildman–Crippen LogP) is 2.71. The van der Waals surface area contributed by atoms with Gasteiger partial charge in [0.15, 0.2) is 0 Å². The molecule has 2 aliphatic heterocycles. The minimum atomic E-state index is -0.451. The van der Waals surface area contributed by atoms with Gasteiger partial charge in [-0.1, -0.05) is 29.8 Å². The van der Waals surface area contributed by atoms with E-state index >= 15 is 0 Å². The van der Waals surface area contributed by atoms with Gasteiger partial charge in [-0.2, -0.15) is 10.1 Å². The van der Waals surface area contributed by atoms with Crippen molar-refractivity contribution in [1.29, 1.82) is 0 Å². The Morgan fingerprint density at radius 3 is 2.71 bits per heavy atom. The highest BCUT2D eigenvalue weighted by molar-refractivity contribution is 5.81. The monoisotopic (exact) mass is 463 g/mol. The molecule has 9 heteroatoms. The number of hydrogen-bond donors (Lipinski definition) is 2. The number of carbonyl (C=O) groups excluding carboxylic acids is 1. The summed E-state index contributed by atoms with van der Waals surface area (Å²) in [5.74, 6) is -0.0379. The summed E-state index contributed by atoms with van der Waals surface area (Å²) in [4.78, 5) is 22.7. The van der Waals surface area contributed by atoms with Gasteiger partial charge in [0.2, 0.25) is 5.91 Å². The Morgan fingerprint density at radius 2 is 2.00 bits per heavy atom. The number of aliphatic hydroxyl groups excluding tert-OH is 1. The summed E-state index contributed by atoms with van der Waals surface area (Å²) < 4.78 is 11.4. The number of carbonyl (C=O) groups is 1. The van der Waals surface area contributed by atoms with Crippen molar-refractivity contribution in [3.63, 3.8) is 0 Å². The standard InChI is InChI=1S/C25H29N5O4/c1-16-2-4-17(5-3-16)23-22(20-6-10-26-25(27-20)34-19-9-13-33-15-19)24(29-28-23)18-7-11-30(12-8-18)21(32)14-31/h2-6,10,18-19,31H,7-9,11-15H2,1H3,(H,28,29). The van der Waals surface area contributed by atoms with Crippen molar-refractivity contribution in [1.82, 2.24) is 25.1 Å². The molecule has 0 spiro atoms. The molecule has 0 aliphatic carbocycles. The highest BCUT2D eigenvalue weighted by Gasteiger charge is 2.29. The van der Waals surface area contributed by atoms with Gasteiger partial charge in [-0.25, -0.2) is 4.98 Å². The first-order valence-electron chi connectivity index (χ1n) is 11.7. The summed E-state index contributed by atoms with van der Waals surface area (Å²) in [5.41, 5.74) is 5.70. The topological polar surface area (TPSA) is 113 Å². The second-order valence-corrected chi connectivity index (χ2v) is 8.87. The molecule has 1 unspecified atom stereocenters. The first-order valence-corrected chi connectivity index (χ1v) is 11.7. The van der Waals surface area contributed by atoms with Gasteiger partial charge in [0.1, 0.15) is 18.4 Å². The summed E-state index contributed by atoms with van der Waals surface area (Å²) in [6.45, 7) is 4.04. The molecular weight excluding hydrogens is 434 g/mol. The van der Waals surface area contributed by atoms with Crippen molar-refractivity contribution >= 4 is 5.91 Å². The third kappa shape index (κ3) is 4.67. The number of nitrogens with zero attached hydrogens (tertiary/aromatic N) is 4. The van der Waals surface area contributed by atoms with Crippen LogP contribution >= 0.6 is 0 Å². The first-order chi connectivity index (χ1) is 16.6. The van der Waals surface area contributed by atoms with Crippen LogP contribution in [0.5, 0.6) is 6.01 Å². The van der Waals surface area contributed by atoms with Crippen LogP contribution in [-0.2, 0) is 9.53 Å². The van der Waals surface area contributed by atoms with E-state index in [1.54, 1.807) is 11.1 Å². The number of aromatic nitrogens is 4. The molecule has 2 aliphatic rings. The largest absolute Gasteiger partial charge is 0.458 e. The van der Waals surface area contributed by atoms with Crippen LogP contribution in [0.2, 0.25) is 0 Å². The number of likely N-dealkylation sites (tertiary alicyclic amines) is 1. The number of benzene rings is 1. The first kappa shape index (κ1) is 22.5. The molecule has 5 rings (SSSR count). The van der Waals surface area contributed by atoms with Gasteiger partial charge >= 0.3 is 6.01 Å². The van der Waals surface area contributed by atoms with E-state index in [2.05, 4.69) is 41.3 Å². The fraction of sp³-hybridized carbons (Fsp3) is 0.440. The predicted molar refractivity (Wildman–Crippen MR) is 125 cm³/mol. The molecule has 2 N–H and O–H groups in total. The number of piperidine rings is 1. The molecule has 2 saturated heterocycles. The van der Waals surface area contributed by atoms with E-state index in [-0.39, 0.29) is 17.9 Å². The Labute approximate surface area is 198 Å². The van der Waals surface area contributed by atoms with E-state index in [0.717, 1.165) is 47.5 Å². The number of aryl methyl sites for hydroxylation is 1. The third-order valence-electron chi connectivity index (χ3n) is 6.56. The Bertz CT molecular complexity index is 1130. The van der Waals surface area contributed by atoms with E-state index < -0.39 is 6.61 Å². The van der Waals surface area contributed by atoms with Gasteiger partial charge in [0.25, 0.3) is 0 Å². The third-order valence-corrected chi connectivity index (χ3v) is 6.56. The number of aliphatic hydroxyl groups is 1. The van der Waals surface area contributed by atoms with Crippen LogP contribution in [0, 0.1) is 6.92 Å². The smallest absolute Gasteiger partial charge is 0.317 e. The molecule has 1 atom stereocenters. The van der Waals surface area contributed by atoms with Gasteiger partial charge in [-0.3, -0.25) is 9.89 Å². The van der Waals surface area contributed by atoms with Crippen molar-refractivity contribution in [2.75, 3.05) is 32.9 Å². The lowest BCUT2D eigenvalue weighted by atomic mass is 9.88. The number of rotatable bonds is 6. The maximum absolute atomic E-state index is 11.9. The average molecular weight is 464 g/mol. The molecule has 2 fully saturated rings. The van der Waals surface area contributed by atoms with E-state index in [4.69, 9.17) is 19.6 Å². The van der Waals surface area contributed by atoms with E-state index in [1.165, 1.54) is 5.56 Å². The molecule has 0 bridgehead atoms. The molecule has 0 saturated carbocycles. The molecule has 3 aromatic rings. The van der Waals surface area contributed by atoms with Crippen molar-refractivity contribution in [2.24, 2.45) is 0 Å². The molecule has 1 aromatic carbocycles. The summed E-state index contributed by atoms with van der Waals surface area (Å²) >= 11 is 0. The minimum absolute atomic E-state index is 0.0379. The van der Waals surface area contributed by atoms with Gasteiger partial charge in [0, 0.05) is 48.4 Å². The highest BCUT2D eigenvalue weighted by Crippen LogP contribution is 2.39. The summed E-state index contributed by atoms with van der Waals surface area (Å²) in [7, 11) is 0. The van der Waals surface area contributed by atoms with Gasteiger partial charge in [0.05, 0.1) is 18.9 Å². The fourth-order valence-electron chi connectivity index (χ4n) is 4.64. The van der Waals surface area contributed by atoms with Crippen molar-refractivity contribution < 1.29 is 19.4 Å². The lowest BCUT2D eigenvalue weighted by molar-refractivity contribution is -0.135. The van der Waals surface area contributed by atoms with Crippen LogP contribution in [0.4, 0.5) is 0 Å². The Kier molecular flexibility index (Phi) is 6.55.